The molecule has 0 bridgehead atoms. The smallest absolute Gasteiger partial charge is 0.175 e. The van der Waals surface area contributed by atoms with E-state index in [0.717, 1.165) is 12.8 Å². The molecule has 2 rings (SSSR count). The third-order valence-corrected chi connectivity index (χ3v) is 4.78. The molecule has 3 heteroatoms. The first kappa shape index (κ1) is 13.1. The third-order valence-electron chi connectivity index (χ3n) is 3.16. The first-order chi connectivity index (χ1) is 8.49. The number of aryl methyl sites for hydroxylation is 1. The number of benzene rings is 1. The van der Waals surface area contributed by atoms with Gasteiger partial charge in [0.1, 0.15) is 0 Å². The van der Waals surface area contributed by atoms with Crippen molar-refractivity contribution in [3.05, 3.63) is 53.3 Å². The molecule has 0 fully saturated rings. The second-order valence-electron chi connectivity index (χ2n) is 5.81. The molecule has 1 aromatic heterocycles. The van der Waals surface area contributed by atoms with Gasteiger partial charge < -0.3 is 4.35 Å². The fourth-order valence-electron chi connectivity index (χ4n) is 1.95. The largest absolute Gasteiger partial charge is 0.302 e. The van der Waals surface area contributed by atoms with Crippen LogP contribution in [0.1, 0.15) is 23.6 Å². The highest BCUT2D eigenvalue weighted by Gasteiger charge is 2.17. The molecule has 1 aromatic carbocycles. The van der Waals surface area contributed by atoms with E-state index in [9.17, 15) is 0 Å². The Morgan fingerprint density at radius 1 is 1.00 bits per heavy atom. The van der Waals surface area contributed by atoms with Crippen LogP contribution in [-0.2, 0) is 12.8 Å². The number of aromatic nitrogens is 2. The fourth-order valence-corrected chi connectivity index (χ4v) is 2.90. The Morgan fingerprint density at radius 3 is 2.11 bits per heavy atom. The minimum atomic E-state index is -1.34. The monoisotopic (exact) mass is 258 g/mol. The van der Waals surface area contributed by atoms with E-state index in [2.05, 4.69) is 66.5 Å². The van der Waals surface area contributed by atoms with Gasteiger partial charge in [-0.15, -0.1) is 0 Å². The van der Waals surface area contributed by atoms with Gasteiger partial charge in [0.05, 0.1) is 6.20 Å². The summed E-state index contributed by atoms with van der Waals surface area (Å²) in [6, 6.07) is 8.89. The molecule has 0 aliphatic carbocycles. The average molecular weight is 258 g/mol. The summed E-state index contributed by atoms with van der Waals surface area (Å²) in [7, 11) is -1.34. The predicted octanol–water partition coefficient (Wildman–Crippen LogP) is 3.72. The number of hydrogen-bond acceptors (Lipinski definition) is 1. The van der Waals surface area contributed by atoms with Crippen LogP contribution in [0.15, 0.2) is 36.7 Å². The maximum atomic E-state index is 4.50. The van der Waals surface area contributed by atoms with Crippen molar-refractivity contribution < 1.29 is 0 Å². The van der Waals surface area contributed by atoms with Crippen LogP contribution in [-0.4, -0.2) is 17.7 Å². The van der Waals surface area contributed by atoms with Gasteiger partial charge in [0.25, 0.3) is 0 Å². The summed E-state index contributed by atoms with van der Waals surface area (Å²) in [6.45, 7) is 9.10. The molecule has 0 radical (unpaired) electrons. The molecular weight excluding hydrogens is 236 g/mol. The minimum absolute atomic E-state index is 0.981. The molecule has 0 spiro atoms. The summed E-state index contributed by atoms with van der Waals surface area (Å²) < 4.78 is 2.17. The molecule has 0 saturated heterocycles. The molecule has 0 N–H and O–H groups in total. The molecule has 18 heavy (non-hydrogen) atoms. The number of rotatable bonds is 4. The predicted molar refractivity (Wildman–Crippen MR) is 79.6 cm³/mol. The Kier molecular flexibility index (Phi) is 3.71. The summed E-state index contributed by atoms with van der Waals surface area (Å²) in [6.07, 6.45) is 6.30. The lowest BCUT2D eigenvalue weighted by atomic mass is 10.1. The summed E-state index contributed by atoms with van der Waals surface area (Å²) in [5.74, 6) is 0. The molecule has 0 amide bonds. The van der Waals surface area contributed by atoms with E-state index in [0.29, 0.717) is 0 Å². The van der Waals surface area contributed by atoms with Crippen LogP contribution in [0.25, 0.3) is 0 Å². The van der Waals surface area contributed by atoms with Crippen molar-refractivity contribution in [3.8, 4) is 0 Å². The summed E-state index contributed by atoms with van der Waals surface area (Å²) in [5, 5.41) is 4.50. The lowest BCUT2D eigenvalue weighted by molar-refractivity contribution is 0.933. The fraction of sp³-hybridized carbons (Fsp3) is 0.400. The van der Waals surface area contributed by atoms with Crippen molar-refractivity contribution >= 4 is 8.24 Å². The van der Waals surface area contributed by atoms with E-state index in [1.807, 2.05) is 6.20 Å². The number of nitrogens with zero attached hydrogens (tertiary/aromatic N) is 2. The zero-order chi connectivity index (χ0) is 13.2. The normalized spacial score (nSPS) is 11.8. The SMILES string of the molecule is CCc1ccc(Cc2cnn([Si](C)(C)C)c2)cc1. The minimum Gasteiger partial charge on any atom is -0.302 e. The Bertz CT molecular complexity index is 506. The Balaban J connectivity index is 2.11. The molecule has 0 atom stereocenters. The van der Waals surface area contributed by atoms with E-state index in [1.54, 1.807) is 0 Å². The second kappa shape index (κ2) is 5.10. The standard InChI is InChI=1S/C15H22N2Si/c1-5-13-6-8-14(9-7-13)10-15-11-16-17(12-15)18(2,3)4/h6-9,11-12H,5,10H2,1-4H3. The lowest BCUT2D eigenvalue weighted by Crippen LogP contribution is -2.32. The van der Waals surface area contributed by atoms with Crippen LogP contribution in [0.5, 0.6) is 0 Å². The Labute approximate surface area is 111 Å². The molecule has 2 aromatic rings. The summed E-state index contributed by atoms with van der Waals surface area (Å²) in [5.41, 5.74) is 4.07. The van der Waals surface area contributed by atoms with Crippen LogP contribution in [0.3, 0.4) is 0 Å². The molecule has 0 saturated carbocycles. The van der Waals surface area contributed by atoms with E-state index < -0.39 is 8.24 Å². The van der Waals surface area contributed by atoms with Gasteiger partial charge >= 0.3 is 0 Å². The molecule has 96 valence electrons. The van der Waals surface area contributed by atoms with E-state index in [4.69, 9.17) is 0 Å². The van der Waals surface area contributed by atoms with Gasteiger partial charge in [-0.05, 0) is 42.8 Å². The van der Waals surface area contributed by atoms with Crippen LogP contribution >= 0.6 is 0 Å². The molecule has 0 unspecified atom stereocenters. The maximum absolute atomic E-state index is 4.50. The van der Waals surface area contributed by atoms with Gasteiger partial charge in [0.15, 0.2) is 8.24 Å². The van der Waals surface area contributed by atoms with Crippen molar-refractivity contribution in [2.24, 2.45) is 0 Å². The van der Waals surface area contributed by atoms with Gasteiger partial charge in [-0.1, -0.05) is 31.2 Å². The zero-order valence-electron chi connectivity index (χ0n) is 11.8. The van der Waals surface area contributed by atoms with Crippen molar-refractivity contribution in [1.82, 2.24) is 9.45 Å². The van der Waals surface area contributed by atoms with Crippen molar-refractivity contribution in [1.29, 1.82) is 0 Å². The topological polar surface area (TPSA) is 17.8 Å². The zero-order valence-corrected chi connectivity index (χ0v) is 12.8. The van der Waals surface area contributed by atoms with E-state index >= 15 is 0 Å². The van der Waals surface area contributed by atoms with Gasteiger partial charge in [0, 0.05) is 12.6 Å². The van der Waals surface area contributed by atoms with E-state index in [1.165, 1.54) is 16.7 Å². The molecule has 0 aliphatic rings. The quantitative estimate of drug-likeness (QED) is 0.764. The highest BCUT2D eigenvalue weighted by molar-refractivity contribution is 6.74. The van der Waals surface area contributed by atoms with Crippen LogP contribution in [0.4, 0.5) is 0 Å². The van der Waals surface area contributed by atoms with Crippen molar-refractivity contribution in [2.45, 2.75) is 39.4 Å². The third kappa shape index (κ3) is 3.10. The number of hydrogen-bond donors (Lipinski definition) is 0. The first-order valence-electron chi connectivity index (χ1n) is 6.61. The van der Waals surface area contributed by atoms with Gasteiger partial charge in [-0.2, -0.15) is 5.10 Å². The Hall–Kier alpha value is -1.35. The molecule has 1 heterocycles. The van der Waals surface area contributed by atoms with Crippen molar-refractivity contribution in [3.63, 3.8) is 0 Å². The van der Waals surface area contributed by atoms with Gasteiger partial charge in [0.2, 0.25) is 0 Å². The molecule has 0 aliphatic heterocycles. The van der Waals surface area contributed by atoms with Gasteiger partial charge in [-0.25, -0.2) is 0 Å². The maximum Gasteiger partial charge on any atom is 0.175 e. The Morgan fingerprint density at radius 2 is 1.61 bits per heavy atom. The highest BCUT2D eigenvalue weighted by Crippen LogP contribution is 2.13. The summed E-state index contributed by atoms with van der Waals surface area (Å²) >= 11 is 0. The van der Waals surface area contributed by atoms with Gasteiger partial charge in [-0.3, -0.25) is 0 Å². The summed E-state index contributed by atoms with van der Waals surface area (Å²) in [4.78, 5) is 0. The molecule has 2 nitrogen and oxygen atoms in total. The average Bonchev–Trinajstić information content (AvgIpc) is 2.78. The first-order valence-corrected chi connectivity index (χ1v) is 10.1. The molecular formula is C15H22N2Si. The second-order valence-corrected chi connectivity index (χ2v) is 10.6. The van der Waals surface area contributed by atoms with Crippen molar-refractivity contribution in [2.75, 3.05) is 0 Å². The lowest BCUT2D eigenvalue weighted by Gasteiger charge is -2.15. The van der Waals surface area contributed by atoms with Crippen LogP contribution in [0.2, 0.25) is 19.6 Å². The van der Waals surface area contributed by atoms with E-state index in [-0.39, 0.29) is 0 Å². The van der Waals surface area contributed by atoms with Crippen LogP contribution in [0, 0.1) is 0 Å². The van der Waals surface area contributed by atoms with Crippen LogP contribution < -0.4 is 0 Å². The highest BCUT2D eigenvalue weighted by atomic mass is 28.3.